The number of pyridine rings is 1. The molecular formula is C13H21N3O. The molecule has 0 fully saturated rings. The molecule has 0 spiro atoms. The van der Waals surface area contributed by atoms with E-state index in [-0.39, 0.29) is 11.9 Å². The number of nitrogens with zero attached hydrogens (tertiary/aromatic N) is 1. The molecule has 0 aliphatic heterocycles. The first-order chi connectivity index (χ1) is 8.10. The summed E-state index contributed by atoms with van der Waals surface area (Å²) < 4.78 is 0. The quantitative estimate of drug-likeness (QED) is 0.823. The lowest BCUT2D eigenvalue weighted by molar-refractivity contribution is 0.0928. The van der Waals surface area contributed by atoms with Gasteiger partial charge in [-0.3, -0.25) is 9.78 Å². The lowest BCUT2D eigenvalue weighted by Gasteiger charge is -2.20. The van der Waals surface area contributed by atoms with Crippen LogP contribution < -0.4 is 10.6 Å². The highest BCUT2D eigenvalue weighted by molar-refractivity contribution is 5.99. The summed E-state index contributed by atoms with van der Waals surface area (Å²) in [6.07, 6.45) is 4.30. The molecule has 2 unspecified atom stereocenters. The number of aromatic nitrogens is 1. The Bertz CT molecular complexity index is 379. The maximum Gasteiger partial charge on any atom is 0.255 e. The molecule has 1 rings (SSSR count). The normalized spacial score (nSPS) is 13.9. The van der Waals surface area contributed by atoms with Crippen molar-refractivity contribution in [3.8, 4) is 0 Å². The van der Waals surface area contributed by atoms with Crippen LogP contribution in [0.2, 0.25) is 0 Å². The molecule has 94 valence electrons. The van der Waals surface area contributed by atoms with Crippen molar-refractivity contribution in [2.24, 2.45) is 5.92 Å². The lowest BCUT2D eigenvalue weighted by atomic mass is 10.0. The molecule has 2 atom stereocenters. The second kappa shape index (κ2) is 6.23. The minimum atomic E-state index is -0.0738. The molecule has 1 amide bonds. The summed E-state index contributed by atoms with van der Waals surface area (Å²) in [5, 5.41) is 5.99. The molecular weight excluding hydrogens is 214 g/mol. The molecule has 0 radical (unpaired) electrons. The first-order valence-electron chi connectivity index (χ1n) is 6.02. The van der Waals surface area contributed by atoms with Crippen molar-refractivity contribution in [3.05, 3.63) is 24.0 Å². The summed E-state index contributed by atoms with van der Waals surface area (Å²) in [4.78, 5) is 16.0. The van der Waals surface area contributed by atoms with Gasteiger partial charge in [-0.1, -0.05) is 20.3 Å². The number of rotatable bonds is 5. The molecule has 2 N–H and O–H groups in total. The van der Waals surface area contributed by atoms with Gasteiger partial charge < -0.3 is 10.6 Å². The van der Waals surface area contributed by atoms with Crippen LogP contribution in [0.3, 0.4) is 0 Å². The van der Waals surface area contributed by atoms with Crippen molar-refractivity contribution < 1.29 is 4.79 Å². The van der Waals surface area contributed by atoms with Gasteiger partial charge >= 0.3 is 0 Å². The molecule has 0 bridgehead atoms. The Labute approximate surface area is 103 Å². The molecule has 1 aromatic heterocycles. The predicted molar refractivity (Wildman–Crippen MR) is 70.2 cm³/mol. The van der Waals surface area contributed by atoms with Crippen molar-refractivity contribution in [2.75, 3.05) is 12.4 Å². The predicted octanol–water partition coefficient (Wildman–Crippen LogP) is 2.29. The van der Waals surface area contributed by atoms with Crippen molar-refractivity contribution in [2.45, 2.75) is 33.2 Å². The second-order valence-corrected chi connectivity index (χ2v) is 4.32. The Balaban J connectivity index is 2.76. The van der Waals surface area contributed by atoms with Crippen LogP contribution in [0.4, 0.5) is 5.69 Å². The first kappa shape index (κ1) is 13.5. The van der Waals surface area contributed by atoms with Gasteiger partial charge in [0.1, 0.15) is 0 Å². The molecule has 1 aromatic rings. The summed E-state index contributed by atoms with van der Waals surface area (Å²) >= 11 is 0. The topological polar surface area (TPSA) is 54.0 Å². The number of carbonyl (C=O) groups excluding carboxylic acids is 1. The molecule has 1 heterocycles. The van der Waals surface area contributed by atoms with Crippen LogP contribution in [-0.4, -0.2) is 24.0 Å². The fourth-order valence-electron chi connectivity index (χ4n) is 1.57. The summed E-state index contributed by atoms with van der Waals surface area (Å²) in [7, 11) is 1.80. The van der Waals surface area contributed by atoms with Crippen LogP contribution in [0.5, 0.6) is 0 Å². The van der Waals surface area contributed by atoms with Gasteiger partial charge in [0.15, 0.2) is 0 Å². The third-order valence-corrected chi connectivity index (χ3v) is 3.19. The Morgan fingerprint density at radius 3 is 2.76 bits per heavy atom. The zero-order valence-electron chi connectivity index (χ0n) is 10.9. The Hall–Kier alpha value is -1.58. The van der Waals surface area contributed by atoms with Gasteiger partial charge in [-0.2, -0.15) is 0 Å². The summed E-state index contributed by atoms with van der Waals surface area (Å²) in [5.74, 6) is 0.393. The summed E-state index contributed by atoms with van der Waals surface area (Å²) in [6.45, 7) is 6.28. The number of amides is 1. The third-order valence-electron chi connectivity index (χ3n) is 3.19. The van der Waals surface area contributed by atoms with Crippen molar-refractivity contribution >= 4 is 11.6 Å². The van der Waals surface area contributed by atoms with E-state index in [9.17, 15) is 4.79 Å². The zero-order chi connectivity index (χ0) is 12.8. The number of hydrogen-bond donors (Lipinski definition) is 2. The SMILES string of the molecule is CCC(C)C(C)NC(=O)c1cnccc1NC. The molecule has 0 aliphatic rings. The lowest BCUT2D eigenvalue weighted by Crippen LogP contribution is -2.37. The largest absolute Gasteiger partial charge is 0.387 e. The van der Waals surface area contributed by atoms with Crippen LogP contribution >= 0.6 is 0 Å². The van der Waals surface area contributed by atoms with Gasteiger partial charge in [0, 0.05) is 31.2 Å². The molecule has 17 heavy (non-hydrogen) atoms. The molecule has 4 heteroatoms. The van der Waals surface area contributed by atoms with Gasteiger partial charge in [-0.15, -0.1) is 0 Å². The van der Waals surface area contributed by atoms with Crippen LogP contribution in [0, 0.1) is 5.92 Å². The fourth-order valence-corrected chi connectivity index (χ4v) is 1.57. The summed E-state index contributed by atoms with van der Waals surface area (Å²) in [6, 6.07) is 1.96. The number of hydrogen-bond acceptors (Lipinski definition) is 3. The van der Waals surface area contributed by atoms with Gasteiger partial charge in [-0.25, -0.2) is 0 Å². The Kier molecular flexibility index (Phi) is 4.94. The van der Waals surface area contributed by atoms with E-state index in [1.54, 1.807) is 25.5 Å². The van der Waals surface area contributed by atoms with Crippen molar-refractivity contribution in [1.29, 1.82) is 0 Å². The molecule has 4 nitrogen and oxygen atoms in total. The van der Waals surface area contributed by atoms with Crippen LogP contribution in [-0.2, 0) is 0 Å². The standard InChI is InChI=1S/C13H21N3O/c1-5-9(2)10(3)16-13(17)11-8-15-7-6-12(11)14-4/h6-10H,5H2,1-4H3,(H,14,15)(H,16,17). The van der Waals surface area contributed by atoms with Gasteiger partial charge in [0.2, 0.25) is 0 Å². The number of carbonyl (C=O) groups is 1. The van der Waals surface area contributed by atoms with E-state index in [1.165, 1.54) is 0 Å². The van der Waals surface area contributed by atoms with Crippen molar-refractivity contribution in [3.63, 3.8) is 0 Å². The Morgan fingerprint density at radius 2 is 2.18 bits per heavy atom. The highest BCUT2D eigenvalue weighted by Crippen LogP contribution is 2.14. The highest BCUT2D eigenvalue weighted by Gasteiger charge is 2.16. The van der Waals surface area contributed by atoms with Gasteiger partial charge in [0.05, 0.1) is 5.56 Å². The minimum Gasteiger partial charge on any atom is -0.387 e. The molecule has 0 aliphatic carbocycles. The van der Waals surface area contributed by atoms with Gasteiger partial charge in [-0.05, 0) is 18.9 Å². The Morgan fingerprint density at radius 1 is 1.47 bits per heavy atom. The first-order valence-corrected chi connectivity index (χ1v) is 6.02. The van der Waals surface area contributed by atoms with Crippen molar-refractivity contribution in [1.82, 2.24) is 10.3 Å². The number of anilines is 1. The van der Waals surface area contributed by atoms with E-state index in [0.717, 1.165) is 12.1 Å². The maximum absolute atomic E-state index is 12.1. The van der Waals surface area contributed by atoms with Gasteiger partial charge in [0.25, 0.3) is 5.91 Å². The van der Waals surface area contributed by atoms with Crippen LogP contribution in [0.1, 0.15) is 37.6 Å². The molecule has 0 aromatic carbocycles. The highest BCUT2D eigenvalue weighted by atomic mass is 16.1. The van der Waals surface area contributed by atoms with E-state index in [4.69, 9.17) is 0 Å². The average molecular weight is 235 g/mol. The van der Waals surface area contributed by atoms with E-state index in [2.05, 4.69) is 29.5 Å². The second-order valence-electron chi connectivity index (χ2n) is 4.32. The minimum absolute atomic E-state index is 0.0738. The average Bonchev–Trinajstić information content (AvgIpc) is 2.37. The molecule has 0 saturated heterocycles. The van der Waals surface area contributed by atoms with E-state index >= 15 is 0 Å². The number of nitrogens with one attached hydrogen (secondary N) is 2. The maximum atomic E-state index is 12.1. The van der Waals surface area contributed by atoms with Crippen LogP contribution in [0.25, 0.3) is 0 Å². The zero-order valence-corrected chi connectivity index (χ0v) is 10.9. The third kappa shape index (κ3) is 3.44. The van der Waals surface area contributed by atoms with E-state index < -0.39 is 0 Å². The fraction of sp³-hybridized carbons (Fsp3) is 0.538. The summed E-state index contributed by atoms with van der Waals surface area (Å²) in [5.41, 5.74) is 1.39. The molecule has 0 saturated carbocycles. The monoisotopic (exact) mass is 235 g/mol. The van der Waals surface area contributed by atoms with E-state index in [0.29, 0.717) is 11.5 Å². The smallest absolute Gasteiger partial charge is 0.255 e. The van der Waals surface area contributed by atoms with E-state index in [1.807, 2.05) is 6.92 Å². The van der Waals surface area contributed by atoms with Crippen LogP contribution in [0.15, 0.2) is 18.5 Å².